The Bertz CT molecular complexity index is 364. The Morgan fingerprint density at radius 3 is 2.25 bits per heavy atom. The number of anilines is 1. The number of aromatic nitrogens is 2. The van der Waals surface area contributed by atoms with Crippen LogP contribution in [0.15, 0.2) is 0 Å². The fourth-order valence-electron chi connectivity index (χ4n) is 0.814. The van der Waals surface area contributed by atoms with Crippen molar-refractivity contribution in [3.8, 4) is 0 Å². The van der Waals surface area contributed by atoms with Gasteiger partial charge in [0.2, 0.25) is 10.1 Å². The summed E-state index contributed by atoms with van der Waals surface area (Å²) in [7, 11) is 1.70. The second kappa shape index (κ2) is 4.48. The summed E-state index contributed by atoms with van der Waals surface area (Å²) in [6.45, 7) is 3.80. The van der Waals surface area contributed by atoms with Crippen LogP contribution in [0.5, 0.6) is 0 Å². The molecule has 0 radical (unpaired) electrons. The molecule has 16 heavy (non-hydrogen) atoms. The zero-order chi connectivity index (χ0) is 12.6. The van der Waals surface area contributed by atoms with Crippen LogP contribution in [0.4, 0.5) is 18.3 Å². The molecule has 0 N–H and O–H groups in total. The van der Waals surface area contributed by atoms with Crippen LogP contribution < -0.4 is 4.90 Å². The maximum Gasteiger partial charge on any atom is 0.445 e. The smallest absolute Gasteiger partial charge is 0.344 e. The van der Waals surface area contributed by atoms with E-state index in [0.717, 1.165) is 0 Å². The molecular formula is C8H11BrF3N3S. The van der Waals surface area contributed by atoms with E-state index in [1.165, 1.54) is 0 Å². The van der Waals surface area contributed by atoms with Crippen molar-refractivity contribution in [3.05, 3.63) is 5.01 Å². The van der Waals surface area contributed by atoms with Crippen LogP contribution in [0.2, 0.25) is 0 Å². The Balaban J connectivity index is 2.95. The van der Waals surface area contributed by atoms with E-state index in [1.54, 1.807) is 11.9 Å². The molecule has 1 aromatic heterocycles. The first kappa shape index (κ1) is 13.7. The molecule has 0 aliphatic heterocycles. The van der Waals surface area contributed by atoms with Crippen molar-refractivity contribution >= 4 is 32.4 Å². The molecule has 1 rings (SSSR count). The molecule has 0 unspecified atom stereocenters. The minimum absolute atomic E-state index is 0.261. The molecule has 0 aliphatic carbocycles. The molecule has 0 bridgehead atoms. The normalized spacial score (nSPS) is 12.9. The third-order valence-corrected chi connectivity index (χ3v) is 4.60. The molecular weight excluding hydrogens is 307 g/mol. The van der Waals surface area contributed by atoms with Gasteiger partial charge >= 0.3 is 6.18 Å². The predicted molar refractivity (Wildman–Crippen MR) is 61.2 cm³/mol. The lowest BCUT2D eigenvalue weighted by atomic mass is 10.1. The van der Waals surface area contributed by atoms with Crippen molar-refractivity contribution in [2.45, 2.75) is 25.6 Å². The zero-order valence-electron chi connectivity index (χ0n) is 8.97. The SMILES string of the molecule is CN(c1nnc(C(F)(F)F)s1)C(C)(C)CBr. The molecule has 3 nitrogen and oxygen atoms in total. The monoisotopic (exact) mass is 317 g/mol. The molecule has 0 aromatic carbocycles. The summed E-state index contributed by atoms with van der Waals surface area (Å²) in [6.07, 6.45) is -4.42. The van der Waals surface area contributed by atoms with Gasteiger partial charge < -0.3 is 4.90 Å². The topological polar surface area (TPSA) is 29.0 Å². The van der Waals surface area contributed by atoms with Crippen molar-refractivity contribution in [2.24, 2.45) is 0 Å². The van der Waals surface area contributed by atoms with Gasteiger partial charge in [0.15, 0.2) is 0 Å². The largest absolute Gasteiger partial charge is 0.445 e. The summed E-state index contributed by atoms with van der Waals surface area (Å²) in [5.41, 5.74) is -0.317. The van der Waals surface area contributed by atoms with E-state index in [9.17, 15) is 13.2 Å². The fraction of sp³-hybridized carbons (Fsp3) is 0.750. The van der Waals surface area contributed by atoms with E-state index in [4.69, 9.17) is 0 Å². The summed E-state index contributed by atoms with van der Waals surface area (Å²) in [5.74, 6) is 0. The first-order valence-electron chi connectivity index (χ1n) is 4.39. The van der Waals surface area contributed by atoms with Gasteiger partial charge in [-0.25, -0.2) is 0 Å². The predicted octanol–water partition coefficient (Wildman–Crippen LogP) is 3.17. The molecule has 0 saturated carbocycles. The fourth-order valence-corrected chi connectivity index (χ4v) is 2.03. The molecule has 1 aromatic rings. The first-order chi connectivity index (χ1) is 7.18. The molecule has 0 spiro atoms. The van der Waals surface area contributed by atoms with Crippen LogP contribution in [0.3, 0.4) is 0 Å². The lowest BCUT2D eigenvalue weighted by Gasteiger charge is -2.33. The summed E-state index contributed by atoms with van der Waals surface area (Å²) in [4.78, 5) is 1.68. The van der Waals surface area contributed by atoms with Gasteiger partial charge in [0.1, 0.15) is 0 Å². The van der Waals surface area contributed by atoms with Gasteiger partial charge in [-0.15, -0.1) is 10.2 Å². The van der Waals surface area contributed by atoms with Crippen molar-refractivity contribution in [2.75, 3.05) is 17.3 Å². The van der Waals surface area contributed by atoms with Crippen LogP contribution >= 0.6 is 27.3 Å². The van der Waals surface area contributed by atoms with Crippen LogP contribution in [0, 0.1) is 0 Å². The molecule has 0 atom stereocenters. The highest BCUT2D eigenvalue weighted by Gasteiger charge is 2.37. The van der Waals surface area contributed by atoms with Crippen LogP contribution in [-0.2, 0) is 6.18 Å². The average molecular weight is 318 g/mol. The van der Waals surface area contributed by atoms with Gasteiger partial charge in [-0.05, 0) is 13.8 Å². The summed E-state index contributed by atoms with van der Waals surface area (Å²) in [5, 5.41) is 6.66. The van der Waals surface area contributed by atoms with E-state index in [2.05, 4.69) is 26.1 Å². The number of hydrogen-bond donors (Lipinski definition) is 0. The second-order valence-corrected chi connectivity index (χ2v) is 5.41. The van der Waals surface area contributed by atoms with Gasteiger partial charge in [-0.1, -0.05) is 27.3 Å². The molecule has 8 heteroatoms. The Morgan fingerprint density at radius 2 is 1.88 bits per heavy atom. The highest BCUT2D eigenvalue weighted by molar-refractivity contribution is 9.09. The molecule has 92 valence electrons. The van der Waals surface area contributed by atoms with Gasteiger partial charge in [0.05, 0.1) is 0 Å². The van der Waals surface area contributed by atoms with E-state index < -0.39 is 11.2 Å². The Morgan fingerprint density at radius 1 is 1.31 bits per heavy atom. The maximum atomic E-state index is 12.3. The third-order valence-electron chi connectivity index (χ3n) is 2.18. The summed E-state index contributed by atoms with van der Waals surface area (Å²) >= 11 is 3.86. The summed E-state index contributed by atoms with van der Waals surface area (Å²) in [6, 6.07) is 0. The van der Waals surface area contributed by atoms with Crippen LogP contribution in [0.25, 0.3) is 0 Å². The number of halogens is 4. The van der Waals surface area contributed by atoms with Crippen LogP contribution in [-0.4, -0.2) is 28.1 Å². The Kier molecular flexibility index (Phi) is 3.83. The highest BCUT2D eigenvalue weighted by Crippen LogP contribution is 2.35. The number of alkyl halides is 4. The Hall–Kier alpha value is -0.370. The van der Waals surface area contributed by atoms with Gasteiger partial charge in [0, 0.05) is 17.9 Å². The lowest BCUT2D eigenvalue weighted by molar-refractivity contribution is -0.138. The van der Waals surface area contributed by atoms with E-state index in [1.807, 2.05) is 13.8 Å². The molecule has 0 fully saturated rings. The van der Waals surface area contributed by atoms with E-state index in [0.29, 0.717) is 16.7 Å². The average Bonchev–Trinajstić information content (AvgIpc) is 2.64. The van der Waals surface area contributed by atoms with Crippen molar-refractivity contribution in [3.63, 3.8) is 0 Å². The zero-order valence-corrected chi connectivity index (χ0v) is 11.4. The van der Waals surface area contributed by atoms with Crippen molar-refractivity contribution in [1.29, 1.82) is 0 Å². The number of hydrogen-bond acceptors (Lipinski definition) is 4. The highest BCUT2D eigenvalue weighted by atomic mass is 79.9. The number of rotatable bonds is 3. The van der Waals surface area contributed by atoms with E-state index >= 15 is 0 Å². The van der Waals surface area contributed by atoms with Crippen molar-refractivity contribution < 1.29 is 13.2 Å². The maximum absolute atomic E-state index is 12.3. The van der Waals surface area contributed by atoms with Crippen molar-refractivity contribution in [1.82, 2.24) is 10.2 Å². The Labute approximate surface area is 104 Å². The first-order valence-corrected chi connectivity index (χ1v) is 6.33. The second-order valence-electron chi connectivity index (χ2n) is 3.89. The van der Waals surface area contributed by atoms with E-state index in [-0.39, 0.29) is 10.7 Å². The lowest BCUT2D eigenvalue weighted by Crippen LogP contribution is -2.42. The quantitative estimate of drug-likeness (QED) is 0.802. The van der Waals surface area contributed by atoms with Gasteiger partial charge in [0.25, 0.3) is 0 Å². The minimum Gasteiger partial charge on any atom is -0.344 e. The van der Waals surface area contributed by atoms with Gasteiger partial charge in [-0.3, -0.25) is 0 Å². The summed E-state index contributed by atoms with van der Waals surface area (Å²) < 4.78 is 37.0. The molecule has 0 saturated heterocycles. The molecule has 0 aliphatic rings. The number of nitrogens with zero attached hydrogens (tertiary/aromatic N) is 3. The van der Waals surface area contributed by atoms with Crippen LogP contribution in [0.1, 0.15) is 18.9 Å². The minimum atomic E-state index is -4.42. The molecule has 0 amide bonds. The third kappa shape index (κ3) is 2.85. The standard InChI is InChI=1S/C8H11BrF3N3S/c1-7(2,4-9)15(3)6-14-13-5(16-6)8(10,11)12/h4H2,1-3H3. The van der Waals surface area contributed by atoms with Gasteiger partial charge in [-0.2, -0.15) is 13.2 Å². The molecule has 1 heterocycles.